The van der Waals surface area contributed by atoms with Gasteiger partial charge in [0.15, 0.2) is 0 Å². The predicted octanol–water partition coefficient (Wildman–Crippen LogP) is 2.84. The van der Waals surface area contributed by atoms with E-state index in [1.165, 1.54) is 11.3 Å². The summed E-state index contributed by atoms with van der Waals surface area (Å²) in [6.45, 7) is 10.4. The SMILES string of the molecule is CCC(CC)(CN)NS(=O)(=O)c1ccc(C(C)(C)C)s1. The second-order valence-electron chi connectivity index (χ2n) is 6.17. The van der Waals surface area contributed by atoms with Crippen LogP contribution in [0.5, 0.6) is 0 Å². The molecule has 0 aliphatic rings. The molecule has 1 aromatic heterocycles. The third-order valence-electron chi connectivity index (χ3n) is 3.68. The van der Waals surface area contributed by atoms with Gasteiger partial charge in [-0.2, -0.15) is 0 Å². The number of thiophene rings is 1. The molecule has 0 radical (unpaired) electrons. The largest absolute Gasteiger partial charge is 0.329 e. The molecule has 1 aromatic rings. The summed E-state index contributed by atoms with van der Waals surface area (Å²) in [4.78, 5) is 1.06. The number of hydrogen-bond acceptors (Lipinski definition) is 4. The number of sulfonamides is 1. The van der Waals surface area contributed by atoms with Crippen molar-refractivity contribution in [3.05, 3.63) is 17.0 Å². The Bertz CT molecular complexity index is 530. The van der Waals surface area contributed by atoms with Gasteiger partial charge < -0.3 is 5.73 Å². The Morgan fingerprint density at radius 2 is 1.75 bits per heavy atom. The van der Waals surface area contributed by atoms with E-state index in [9.17, 15) is 8.42 Å². The highest BCUT2D eigenvalue weighted by molar-refractivity contribution is 7.91. The van der Waals surface area contributed by atoms with Crippen molar-refractivity contribution in [1.82, 2.24) is 4.72 Å². The minimum Gasteiger partial charge on any atom is -0.329 e. The molecule has 0 aromatic carbocycles. The van der Waals surface area contributed by atoms with Crippen LogP contribution in [0.1, 0.15) is 52.3 Å². The molecule has 0 aliphatic carbocycles. The third-order valence-corrected chi connectivity index (χ3v) is 7.26. The lowest BCUT2D eigenvalue weighted by atomic mass is 9.95. The monoisotopic (exact) mass is 318 g/mol. The molecule has 0 fully saturated rings. The van der Waals surface area contributed by atoms with E-state index in [0.717, 1.165) is 4.88 Å². The summed E-state index contributed by atoms with van der Waals surface area (Å²) in [5.41, 5.74) is 5.17. The highest BCUT2D eigenvalue weighted by Crippen LogP contribution is 2.32. The zero-order valence-corrected chi connectivity index (χ0v) is 14.6. The van der Waals surface area contributed by atoms with Crippen molar-refractivity contribution in [2.75, 3.05) is 6.54 Å². The lowest BCUT2D eigenvalue weighted by Crippen LogP contribution is -2.52. The molecule has 6 heteroatoms. The van der Waals surface area contributed by atoms with Gasteiger partial charge >= 0.3 is 0 Å². The van der Waals surface area contributed by atoms with Crippen molar-refractivity contribution in [3.63, 3.8) is 0 Å². The molecular formula is C14H26N2O2S2. The Kier molecular flexibility index (Phi) is 5.40. The Morgan fingerprint density at radius 3 is 2.10 bits per heavy atom. The Hall–Kier alpha value is -0.430. The maximum atomic E-state index is 12.5. The first-order valence-corrected chi connectivity index (χ1v) is 9.24. The molecule has 0 saturated heterocycles. The summed E-state index contributed by atoms with van der Waals surface area (Å²) in [7, 11) is -3.51. The topological polar surface area (TPSA) is 72.2 Å². The molecule has 0 unspecified atom stereocenters. The number of nitrogens with two attached hydrogens (primary N) is 1. The first-order chi connectivity index (χ1) is 9.10. The summed E-state index contributed by atoms with van der Waals surface area (Å²) >= 11 is 1.33. The van der Waals surface area contributed by atoms with Gasteiger partial charge in [-0.15, -0.1) is 11.3 Å². The van der Waals surface area contributed by atoms with Crippen LogP contribution in [0.25, 0.3) is 0 Å². The molecule has 4 nitrogen and oxygen atoms in total. The normalized spacial score (nSPS) is 13.7. The van der Waals surface area contributed by atoms with Gasteiger partial charge in [0.25, 0.3) is 10.0 Å². The van der Waals surface area contributed by atoms with Crippen LogP contribution < -0.4 is 10.5 Å². The van der Waals surface area contributed by atoms with Gasteiger partial charge in [0.2, 0.25) is 0 Å². The van der Waals surface area contributed by atoms with Crippen LogP contribution in [0, 0.1) is 0 Å². The standard InChI is InChI=1S/C14H26N2O2S2/c1-6-14(7-2,10-15)16-20(17,18)12-9-8-11(19-12)13(3,4)5/h8-9,16H,6-7,10,15H2,1-5H3. The van der Waals surface area contributed by atoms with Crippen LogP contribution in [-0.2, 0) is 15.4 Å². The molecule has 0 bridgehead atoms. The molecule has 0 spiro atoms. The third kappa shape index (κ3) is 3.81. The highest BCUT2D eigenvalue weighted by Gasteiger charge is 2.32. The molecule has 1 heterocycles. The van der Waals surface area contributed by atoms with Gasteiger partial charge in [-0.25, -0.2) is 13.1 Å². The maximum absolute atomic E-state index is 12.5. The highest BCUT2D eigenvalue weighted by atomic mass is 32.2. The smallest absolute Gasteiger partial charge is 0.250 e. The molecular weight excluding hydrogens is 292 g/mol. The van der Waals surface area contributed by atoms with Crippen LogP contribution in [0.15, 0.2) is 16.3 Å². The molecule has 0 atom stereocenters. The van der Waals surface area contributed by atoms with E-state index in [1.807, 2.05) is 19.9 Å². The van der Waals surface area contributed by atoms with Crippen LogP contribution in [0.3, 0.4) is 0 Å². The van der Waals surface area contributed by atoms with E-state index in [2.05, 4.69) is 25.5 Å². The van der Waals surface area contributed by atoms with Crippen molar-refractivity contribution in [2.45, 2.75) is 62.6 Å². The van der Waals surface area contributed by atoms with Crippen molar-refractivity contribution in [2.24, 2.45) is 5.73 Å². The second-order valence-corrected chi connectivity index (χ2v) is 9.16. The summed E-state index contributed by atoms with van der Waals surface area (Å²) in [6.07, 6.45) is 1.35. The quantitative estimate of drug-likeness (QED) is 0.847. The lowest BCUT2D eigenvalue weighted by molar-refractivity contribution is 0.363. The Morgan fingerprint density at radius 1 is 1.20 bits per heavy atom. The zero-order chi connectivity index (χ0) is 15.6. The molecule has 0 aliphatic heterocycles. The molecule has 1 rings (SSSR count). The van der Waals surface area contributed by atoms with Gasteiger partial charge in [0, 0.05) is 17.0 Å². The van der Waals surface area contributed by atoms with E-state index < -0.39 is 15.6 Å². The van der Waals surface area contributed by atoms with Gasteiger partial charge in [0.1, 0.15) is 4.21 Å². The number of rotatable bonds is 6. The average Bonchev–Trinajstić information content (AvgIpc) is 2.86. The van der Waals surface area contributed by atoms with Gasteiger partial charge in [-0.05, 0) is 30.4 Å². The number of hydrogen-bond donors (Lipinski definition) is 2. The first kappa shape index (κ1) is 17.6. The predicted molar refractivity (Wildman–Crippen MR) is 85.7 cm³/mol. The summed E-state index contributed by atoms with van der Waals surface area (Å²) in [6, 6.07) is 3.57. The van der Waals surface area contributed by atoms with E-state index in [4.69, 9.17) is 5.73 Å². The van der Waals surface area contributed by atoms with Gasteiger partial charge in [-0.3, -0.25) is 0 Å². The fourth-order valence-corrected chi connectivity index (χ4v) is 4.85. The van der Waals surface area contributed by atoms with Gasteiger partial charge in [0.05, 0.1) is 0 Å². The van der Waals surface area contributed by atoms with Crippen LogP contribution >= 0.6 is 11.3 Å². The number of nitrogens with one attached hydrogen (secondary N) is 1. The first-order valence-electron chi connectivity index (χ1n) is 6.94. The van der Waals surface area contributed by atoms with Crippen LogP contribution in [0.2, 0.25) is 0 Å². The Labute approximate surface area is 126 Å². The van der Waals surface area contributed by atoms with E-state index in [-0.39, 0.29) is 5.41 Å². The lowest BCUT2D eigenvalue weighted by Gasteiger charge is -2.30. The van der Waals surface area contributed by atoms with Crippen LogP contribution in [0.4, 0.5) is 0 Å². The second kappa shape index (κ2) is 6.13. The molecule has 116 valence electrons. The molecule has 0 saturated carbocycles. The van der Waals surface area contributed by atoms with Crippen molar-refractivity contribution < 1.29 is 8.42 Å². The van der Waals surface area contributed by atoms with Crippen molar-refractivity contribution >= 4 is 21.4 Å². The van der Waals surface area contributed by atoms with Gasteiger partial charge in [-0.1, -0.05) is 34.6 Å². The summed E-state index contributed by atoms with van der Waals surface area (Å²) < 4.78 is 28.2. The van der Waals surface area contributed by atoms with E-state index in [0.29, 0.717) is 23.6 Å². The molecule has 3 N–H and O–H groups in total. The fourth-order valence-electron chi connectivity index (χ4n) is 1.93. The Balaban J connectivity index is 3.09. The summed E-state index contributed by atoms with van der Waals surface area (Å²) in [5, 5.41) is 0. The van der Waals surface area contributed by atoms with Crippen molar-refractivity contribution in [1.29, 1.82) is 0 Å². The fraction of sp³-hybridized carbons (Fsp3) is 0.714. The maximum Gasteiger partial charge on any atom is 0.250 e. The minimum absolute atomic E-state index is 0.0428. The van der Waals surface area contributed by atoms with E-state index in [1.54, 1.807) is 6.07 Å². The van der Waals surface area contributed by atoms with Crippen molar-refractivity contribution in [3.8, 4) is 0 Å². The van der Waals surface area contributed by atoms with Crippen LogP contribution in [-0.4, -0.2) is 20.5 Å². The molecule has 0 amide bonds. The van der Waals surface area contributed by atoms with E-state index >= 15 is 0 Å². The zero-order valence-electron chi connectivity index (χ0n) is 13.0. The average molecular weight is 319 g/mol. The minimum atomic E-state index is -3.51. The molecule has 20 heavy (non-hydrogen) atoms. The summed E-state index contributed by atoms with van der Waals surface area (Å²) in [5.74, 6) is 0.